The van der Waals surface area contributed by atoms with Crippen LogP contribution in [-0.2, 0) is 32.2 Å². The fraction of sp³-hybridized carbons (Fsp3) is 0.542. The zero-order valence-electron chi connectivity index (χ0n) is 23.7. The third-order valence-corrected chi connectivity index (χ3v) is 9.64. The largest absolute Gasteiger partial charge is 0.521 e. The Balaban J connectivity index is 1.13. The van der Waals surface area contributed by atoms with Gasteiger partial charge in [-0.3, -0.25) is 18.9 Å². The van der Waals surface area contributed by atoms with E-state index in [1.807, 2.05) is 0 Å². The molecule has 0 radical (unpaired) electrons. The number of nitrogens with zero attached hydrogens (tertiary/aromatic N) is 3. The first-order valence-electron chi connectivity index (χ1n) is 13.7. The zero-order chi connectivity index (χ0) is 33.2. The van der Waals surface area contributed by atoms with Crippen molar-refractivity contribution in [3.8, 4) is 5.75 Å². The number of fused-ring (bicyclic) bond motifs is 1. The summed E-state index contributed by atoms with van der Waals surface area (Å²) in [6, 6.07) is 8.29. The van der Waals surface area contributed by atoms with Gasteiger partial charge in [-0.25, -0.2) is 9.55 Å². The van der Waals surface area contributed by atoms with Gasteiger partial charge in [-0.15, -0.1) is 0 Å². The number of ether oxygens (including phenoxy) is 4. The van der Waals surface area contributed by atoms with E-state index in [0.717, 1.165) is 10.9 Å². The number of aliphatic hydroxyl groups excluding tert-OH is 5. The topological polar surface area (TPSA) is 300 Å². The highest BCUT2D eigenvalue weighted by Crippen LogP contribution is 2.52. The molecule has 3 aromatic rings. The Morgan fingerprint density at radius 2 is 1.78 bits per heavy atom. The quantitative estimate of drug-likeness (QED) is 0.0907. The molecule has 2 fully saturated rings. The molecule has 252 valence electrons. The smallest absolute Gasteiger partial charge is 0.462 e. The van der Waals surface area contributed by atoms with Crippen molar-refractivity contribution in [2.24, 2.45) is 0 Å². The Bertz CT molecular complexity index is 1610. The van der Waals surface area contributed by atoms with Crippen LogP contribution in [0.2, 0.25) is 0 Å². The molecule has 5 rings (SSSR count). The van der Waals surface area contributed by atoms with Crippen molar-refractivity contribution in [2.75, 3.05) is 31.7 Å². The molecule has 0 aliphatic carbocycles. The number of aromatic amines is 1. The van der Waals surface area contributed by atoms with E-state index < -0.39 is 103 Å². The number of H-pyrrole nitrogens is 1. The Morgan fingerprint density at radius 1 is 1.07 bits per heavy atom. The first-order chi connectivity index (χ1) is 21.9. The molecule has 2 aliphatic rings. The van der Waals surface area contributed by atoms with Crippen molar-refractivity contribution in [2.45, 2.75) is 55.2 Å². The van der Waals surface area contributed by atoms with Crippen LogP contribution in [-0.4, -0.2) is 125 Å². The van der Waals surface area contributed by atoms with Gasteiger partial charge in [-0.2, -0.15) is 4.98 Å². The number of phosphoric ester groups is 1. The third-order valence-electron chi connectivity index (χ3n) is 7.06. The number of nitrogen functional groups attached to an aromatic ring is 1. The van der Waals surface area contributed by atoms with Crippen LogP contribution >= 0.6 is 15.9 Å². The molecule has 0 amide bonds. The van der Waals surface area contributed by atoms with Crippen LogP contribution in [0.5, 0.6) is 5.75 Å². The molecular formula is C24H32N5O15P2+. The lowest BCUT2D eigenvalue weighted by Gasteiger charge is -2.41. The molecule has 0 saturated carbocycles. The second-order valence-electron chi connectivity index (χ2n) is 10.2. The molecule has 6 unspecified atom stereocenters. The van der Waals surface area contributed by atoms with Gasteiger partial charge in [-0.1, -0.05) is 18.2 Å². The number of nitrogens with two attached hydrogens (primary N) is 1. The van der Waals surface area contributed by atoms with E-state index in [2.05, 4.69) is 19.3 Å². The molecule has 9 N–H and O–H groups in total. The van der Waals surface area contributed by atoms with Crippen LogP contribution < -0.4 is 16.0 Å². The zero-order valence-corrected chi connectivity index (χ0v) is 25.4. The van der Waals surface area contributed by atoms with Gasteiger partial charge in [0, 0.05) is 0 Å². The van der Waals surface area contributed by atoms with E-state index in [-0.39, 0.29) is 17.1 Å². The molecule has 0 spiro atoms. The number of anilines is 1. The van der Waals surface area contributed by atoms with Crippen LogP contribution in [0, 0.1) is 0 Å². The van der Waals surface area contributed by atoms with Crippen molar-refractivity contribution in [3.63, 3.8) is 0 Å². The number of rotatable bonds is 13. The molecule has 2 aliphatic heterocycles. The third kappa shape index (κ3) is 7.61. The number of nitrogens with one attached hydrogen (secondary N) is 1. The van der Waals surface area contributed by atoms with Gasteiger partial charge in [0.15, 0.2) is 17.4 Å². The van der Waals surface area contributed by atoms with Crippen molar-refractivity contribution in [3.05, 3.63) is 47.0 Å². The van der Waals surface area contributed by atoms with Gasteiger partial charge in [0.25, 0.3) is 5.56 Å². The van der Waals surface area contributed by atoms with Gasteiger partial charge in [-0.05, 0) is 21.0 Å². The van der Waals surface area contributed by atoms with E-state index in [0.29, 0.717) is 5.75 Å². The van der Waals surface area contributed by atoms with Crippen molar-refractivity contribution < 1.29 is 67.3 Å². The summed E-state index contributed by atoms with van der Waals surface area (Å²) in [6.45, 7) is -1.84. The Morgan fingerprint density at radius 3 is 2.50 bits per heavy atom. The van der Waals surface area contributed by atoms with Crippen molar-refractivity contribution >= 4 is 33.0 Å². The van der Waals surface area contributed by atoms with E-state index in [1.165, 1.54) is 0 Å². The number of phosphoric acid groups is 1. The highest BCUT2D eigenvalue weighted by atomic mass is 31.2. The Kier molecular flexibility index (Phi) is 10.8. The summed E-state index contributed by atoms with van der Waals surface area (Å²) in [5, 5.41) is 51.3. The maximum atomic E-state index is 12.5. The number of para-hydroxylation sites is 1. The number of imidazole rings is 1. The van der Waals surface area contributed by atoms with Gasteiger partial charge in [0.05, 0.1) is 26.1 Å². The van der Waals surface area contributed by atoms with Crippen LogP contribution in [0.3, 0.4) is 0 Å². The fourth-order valence-corrected chi connectivity index (χ4v) is 6.82. The molecule has 4 heterocycles. The molecular weight excluding hydrogens is 660 g/mol. The predicted octanol–water partition coefficient (Wildman–Crippen LogP) is -1.90. The lowest BCUT2D eigenvalue weighted by atomic mass is 9.99. The highest BCUT2D eigenvalue weighted by molar-refractivity contribution is 7.57. The van der Waals surface area contributed by atoms with Crippen LogP contribution in [0.1, 0.15) is 6.23 Å². The van der Waals surface area contributed by atoms with Gasteiger partial charge in [0.1, 0.15) is 48.5 Å². The number of benzene rings is 1. The summed E-state index contributed by atoms with van der Waals surface area (Å²) in [5.74, 6) is 0.0981. The number of hydrogen-bond acceptors (Lipinski definition) is 17. The number of aromatic nitrogens is 4. The summed E-state index contributed by atoms with van der Waals surface area (Å²) < 4.78 is 58.0. The summed E-state index contributed by atoms with van der Waals surface area (Å²) >= 11 is 0. The normalized spacial score (nSPS) is 31.5. The van der Waals surface area contributed by atoms with E-state index in [1.54, 1.807) is 30.3 Å². The minimum atomic E-state index is -5.02. The van der Waals surface area contributed by atoms with E-state index in [9.17, 15) is 44.4 Å². The predicted molar refractivity (Wildman–Crippen MR) is 152 cm³/mol. The Hall–Kier alpha value is -2.94. The lowest BCUT2D eigenvalue weighted by molar-refractivity contribution is -0.286. The molecule has 0 bridgehead atoms. The molecule has 2 aromatic heterocycles. The molecule has 46 heavy (non-hydrogen) atoms. The SMILES string of the molecule is Nc1nc2c(ncn2[C@@H]2O[C@H](COP(=O)(O)O[P+](=O)CCOC3C(O)[C@@H](O)C(CO)O[C@H]3Oc3ccccc3)[C@@H](O)C2O)c(=O)[nH]1. The van der Waals surface area contributed by atoms with E-state index in [4.69, 9.17) is 29.2 Å². The second-order valence-corrected chi connectivity index (χ2v) is 13.2. The minimum Gasteiger partial charge on any atom is -0.462 e. The molecule has 11 atom stereocenters. The molecule has 22 heteroatoms. The fourth-order valence-electron chi connectivity index (χ4n) is 4.80. The first kappa shape index (κ1) is 34.4. The monoisotopic (exact) mass is 692 g/mol. The van der Waals surface area contributed by atoms with Crippen molar-refractivity contribution in [1.29, 1.82) is 0 Å². The summed E-state index contributed by atoms with van der Waals surface area (Å²) in [5.41, 5.74) is 4.76. The maximum absolute atomic E-state index is 12.5. The lowest BCUT2D eigenvalue weighted by Crippen LogP contribution is -2.61. The molecule has 20 nitrogen and oxygen atoms in total. The first-order valence-corrected chi connectivity index (χ1v) is 16.6. The van der Waals surface area contributed by atoms with E-state index >= 15 is 0 Å². The average Bonchev–Trinajstić information content (AvgIpc) is 3.55. The van der Waals surface area contributed by atoms with Crippen LogP contribution in [0.25, 0.3) is 11.2 Å². The van der Waals surface area contributed by atoms with Gasteiger partial charge >= 0.3 is 15.9 Å². The number of aliphatic hydroxyl groups is 5. The van der Waals surface area contributed by atoms with Crippen molar-refractivity contribution in [1.82, 2.24) is 19.5 Å². The molecule has 2 saturated heterocycles. The Labute approximate surface area is 259 Å². The summed E-state index contributed by atoms with van der Waals surface area (Å²) in [4.78, 5) is 32.3. The van der Waals surface area contributed by atoms with Gasteiger partial charge in [0.2, 0.25) is 18.4 Å². The van der Waals surface area contributed by atoms with Crippen LogP contribution in [0.4, 0.5) is 5.95 Å². The average molecular weight is 692 g/mol. The second kappa shape index (κ2) is 14.4. The molecule has 1 aromatic carbocycles. The summed E-state index contributed by atoms with van der Waals surface area (Å²) in [7, 11) is -7.92. The highest BCUT2D eigenvalue weighted by Gasteiger charge is 2.48. The number of hydrogen-bond donors (Lipinski definition) is 8. The summed E-state index contributed by atoms with van der Waals surface area (Å²) in [6.07, 6.45) is -12.2. The minimum absolute atomic E-state index is 0.0533. The van der Waals surface area contributed by atoms with Gasteiger partial charge < -0.3 is 55.1 Å². The standard InChI is InChI=1S/C24H31N5O15P2/c25-24-27-20-14(21(35)28-24)26-10-29(20)22-18(34)16(32)13(42-22)9-40-46(37,38)44-45(36)7-6-39-19-17(33)15(31)12(8-30)43-23(19)41-11-4-2-1-3-5-11/h1-5,10,12-13,15-19,22-23,30-34H,6-9H2,(H3-,25,27,28,35,37,38)/p+1/t12?,13-,15+,16-,17?,18?,19?,22-,23-/m1/s1. The maximum Gasteiger partial charge on any atom is 0.521 e. The van der Waals surface area contributed by atoms with Crippen LogP contribution in [0.15, 0.2) is 41.5 Å².